The molecule has 0 radical (unpaired) electrons. The average Bonchev–Trinajstić information content (AvgIpc) is 3.22. The van der Waals surface area contributed by atoms with Gasteiger partial charge in [-0.3, -0.25) is 24.2 Å². The van der Waals surface area contributed by atoms with Crippen LogP contribution in [0.25, 0.3) is 10.2 Å². The lowest BCUT2D eigenvalue weighted by Crippen LogP contribution is -2.44. The summed E-state index contributed by atoms with van der Waals surface area (Å²) < 4.78 is 6.06. The fourth-order valence-electron chi connectivity index (χ4n) is 2.87. The van der Waals surface area contributed by atoms with Gasteiger partial charge in [-0.15, -0.1) is 0 Å². The molecule has 1 aliphatic rings. The smallest absolute Gasteiger partial charge is 0.248 e. The Labute approximate surface area is 171 Å². The van der Waals surface area contributed by atoms with Crippen LogP contribution in [0.2, 0.25) is 5.02 Å². The van der Waals surface area contributed by atoms with Crippen molar-refractivity contribution in [3.63, 3.8) is 0 Å². The number of amides is 3. The summed E-state index contributed by atoms with van der Waals surface area (Å²) in [6, 6.07) is 3.44. The Kier molecular flexibility index (Phi) is 6.17. The normalized spacial score (nSPS) is 14.4. The first-order chi connectivity index (χ1) is 13.3. The van der Waals surface area contributed by atoms with E-state index in [4.69, 9.17) is 16.3 Å². The molecule has 10 heteroatoms. The number of nitrogens with zero attached hydrogens (tertiary/aromatic N) is 4. The van der Waals surface area contributed by atoms with Crippen LogP contribution >= 0.6 is 22.9 Å². The van der Waals surface area contributed by atoms with Crippen LogP contribution in [0.5, 0.6) is 5.75 Å². The number of aromatic nitrogens is 1. The lowest BCUT2D eigenvalue weighted by atomic mass is 10.3. The average molecular weight is 425 g/mol. The second-order valence-corrected chi connectivity index (χ2v) is 8.03. The van der Waals surface area contributed by atoms with E-state index in [1.165, 1.54) is 16.2 Å². The van der Waals surface area contributed by atoms with Gasteiger partial charge in [0.25, 0.3) is 0 Å². The number of halogens is 1. The van der Waals surface area contributed by atoms with Gasteiger partial charge < -0.3 is 9.64 Å². The van der Waals surface area contributed by atoms with Gasteiger partial charge in [-0.2, -0.15) is 0 Å². The molecule has 0 N–H and O–H groups in total. The largest absolute Gasteiger partial charge is 0.494 e. The fraction of sp³-hybridized carbons (Fsp3) is 0.444. The topological polar surface area (TPSA) is 83.0 Å². The number of likely N-dealkylation sites (tertiary alicyclic amines) is 1. The Morgan fingerprint density at radius 2 is 1.93 bits per heavy atom. The maximum Gasteiger partial charge on any atom is 0.248 e. The van der Waals surface area contributed by atoms with Gasteiger partial charge in [0.2, 0.25) is 17.7 Å². The van der Waals surface area contributed by atoms with Crippen LogP contribution in [0.4, 0.5) is 5.13 Å². The molecule has 0 aliphatic carbocycles. The van der Waals surface area contributed by atoms with Crippen LogP contribution in [-0.2, 0) is 14.4 Å². The zero-order valence-corrected chi connectivity index (χ0v) is 17.5. The third-order valence-electron chi connectivity index (χ3n) is 4.42. The monoisotopic (exact) mass is 424 g/mol. The van der Waals surface area contributed by atoms with Crippen molar-refractivity contribution in [2.45, 2.75) is 12.8 Å². The lowest BCUT2D eigenvalue weighted by Gasteiger charge is -2.24. The minimum Gasteiger partial charge on any atom is -0.494 e. The Morgan fingerprint density at radius 3 is 2.54 bits per heavy atom. The molecule has 1 fully saturated rings. The van der Waals surface area contributed by atoms with Crippen molar-refractivity contribution in [3.05, 3.63) is 17.2 Å². The molecule has 0 atom stereocenters. The summed E-state index contributed by atoms with van der Waals surface area (Å²) in [5, 5.41) is 0.969. The Balaban J connectivity index is 1.94. The molecule has 150 valence electrons. The Hall–Kier alpha value is -2.23. The van der Waals surface area contributed by atoms with Gasteiger partial charge in [-0.25, -0.2) is 4.98 Å². The van der Waals surface area contributed by atoms with E-state index >= 15 is 0 Å². The second kappa shape index (κ2) is 8.42. The lowest BCUT2D eigenvalue weighted by molar-refractivity contribution is -0.141. The number of fused-ring (bicyclic) bond motifs is 1. The van der Waals surface area contributed by atoms with Crippen LogP contribution in [0.1, 0.15) is 12.8 Å². The van der Waals surface area contributed by atoms with Crippen LogP contribution in [0.15, 0.2) is 12.1 Å². The minimum absolute atomic E-state index is 0.151. The summed E-state index contributed by atoms with van der Waals surface area (Å²) in [5.74, 6) is -0.439. The SMILES string of the molecule is COc1ccc(Cl)c2sc(N(CCN(C)C)C(=O)CN3C(=O)CCC3=O)nc12. The van der Waals surface area contributed by atoms with E-state index in [2.05, 4.69) is 4.98 Å². The molecule has 0 spiro atoms. The first kappa shape index (κ1) is 20.5. The molecular weight excluding hydrogens is 404 g/mol. The number of carbonyl (C=O) groups is 3. The molecule has 0 saturated carbocycles. The number of likely N-dealkylation sites (N-methyl/N-ethyl adjacent to an activating group) is 1. The van der Waals surface area contributed by atoms with Gasteiger partial charge in [0.05, 0.1) is 16.8 Å². The number of carbonyl (C=O) groups excluding carboxylic acids is 3. The minimum atomic E-state index is -0.361. The summed E-state index contributed by atoms with van der Waals surface area (Å²) >= 11 is 7.57. The van der Waals surface area contributed by atoms with Crippen molar-refractivity contribution in [3.8, 4) is 5.75 Å². The number of methoxy groups -OCH3 is 1. The molecule has 8 nitrogen and oxygen atoms in total. The molecule has 1 aromatic carbocycles. The third-order valence-corrected chi connectivity index (χ3v) is 5.96. The first-order valence-electron chi connectivity index (χ1n) is 8.73. The predicted octanol–water partition coefficient (Wildman–Crippen LogP) is 2.00. The van der Waals surface area contributed by atoms with Crippen molar-refractivity contribution in [2.24, 2.45) is 0 Å². The van der Waals surface area contributed by atoms with E-state index in [0.717, 1.165) is 4.90 Å². The van der Waals surface area contributed by atoms with Gasteiger partial charge in [-0.05, 0) is 26.2 Å². The molecule has 3 rings (SSSR count). The standard InChI is InChI=1S/C18H21ClN4O4S/c1-21(2)8-9-22(15(26)10-23-13(24)6-7-14(23)25)18-20-16-12(27-3)5-4-11(19)17(16)28-18/h4-5H,6-10H2,1-3H3. The number of hydrogen-bond acceptors (Lipinski definition) is 7. The van der Waals surface area contributed by atoms with Crippen LogP contribution in [0, 0.1) is 0 Å². The molecule has 3 amide bonds. The van der Waals surface area contributed by atoms with Crippen molar-refractivity contribution in [1.29, 1.82) is 0 Å². The molecule has 28 heavy (non-hydrogen) atoms. The molecule has 1 aromatic heterocycles. The summed E-state index contributed by atoms with van der Waals surface area (Å²) in [6.45, 7) is 0.669. The number of thiazole rings is 1. The molecular formula is C18H21ClN4O4S. The number of benzene rings is 1. The highest BCUT2D eigenvalue weighted by Gasteiger charge is 2.33. The first-order valence-corrected chi connectivity index (χ1v) is 9.92. The second-order valence-electron chi connectivity index (χ2n) is 6.65. The van der Waals surface area contributed by atoms with Gasteiger partial charge in [0.1, 0.15) is 17.8 Å². The van der Waals surface area contributed by atoms with Crippen molar-refractivity contribution >= 4 is 56.0 Å². The zero-order valence-electron chi connectivity index (χ0n) is 15.9. The van der Waals surface area contributed by atoms with Crippen LogP contribution in [-0.4, -0.2) is 73.3 Å². The summed E-state index contributed by atoms with van der Waals surface area (Å²) in [7, 11) is 5.34. The van der Waals surface area contributed by atoms with Gasteiger partial charge in [-0.1, -0.05) is 22.9 Å². The predicted molar refractivity (Wildman–Crippen MR) is 108 cm³/mol. The zero-order chi connectivity index (χ0) is 20.4. The van der Waals surface area contributed by atoms with E-state index in [1.54, 1.807) is 19.2 Å². The van der Waals surface area contributed by atoms with Crippen molar-refractivity contribution < 1.29 is 19.1 Å². The number of imide groups is 1. The van der Waals surface area contributed by atoms with E-state index in [-0.39, 0.29) is 37.1 Å². The molecule has 2 heterocycles. The number of rotatable bonds is 7. The van der Waals surface area contributed by atoms with Gasteiger partial charge >= 0.3 is 0 Å². The Bertz CT molecular complexity index is 914. The third kappa shape index (κ3) is 4.11. The Morgan fingerprint density at radius 1 is 1.25 bits per heavy atom. The molecule has 0 bridgehead atoms. The number of ether oxygens (including phenoxy) is 1. The quantitative estimate of drug-likeness (QED) is 0.632. The summed E-state index contributed by atoms with van der Waals surface area (Å²) in [6.07, 6.45) is 0.301. The van der Waals surface area contributed by atoms with Crippen LogP contribution < -0.4 is 9.64 Å². The van der Waals surface area contributed by atoms with E-state index in [9.17, 15) is 14.4 Å². The van der Waals surface area contributed by atoms with Gasteiger partial charge in [0.15, 0.2) is 5.13 Å². The molecule has 1 saturated heterocycles. The maximum atomic E-state index is 13.0. The number of anilines is 1. The summed E-state index contributed by atoms with van der Waals surface area (Å²) in [4.78, 5) is 45.8. The molecule has 0 unspecified atom stereocenters. The highest BCUT2D eigenvalue weighted by atomic mass is 35.5. The van der Waals surface area contributed by atoms with Crippen molar-refractivity contribution in [2.75, 3.05) is 45.7 Å². The highest BCUT2D eigenvalue weighted by Crippen LogP contribution is 2.38. The van der Waals surface area contributed by atoms with Crippen LogP contribution in [0.3, 0.4) is 0 Å². The van der Waals surface area contributed by atoms with E-state index in [1.807, 2.05) is 19.0 Å². The van der Waals surface area contributed by atoms with Gasteiger partial charge in [0, 0.05) is 25.9 Å². The highest BCUT2D eigenvalue weighted by molar-refractivity contribution is 7.23. The molecule has 2 aromatic rings. The fourth-order valence-corrected chi connectivity index (χ4v) is 4.17. The summed E-state index contributed by atoms with van der Waals surface area (Å²) in [5.41, 5.74) is 0.575. The van der Waals surface area contributed by atoms with E-state index < -0.39 is 0 Å². The molecule has 1 aliphatic heterocycles. The van der Waals surface area contributed by atoms with Crippen molar-refractivity contribution in [1.82, 2.24) is 14.8 Å². The maximum absolute atomic E-state index is 13.0. The number of hydrogen-bond donors (Lipinski definition) is 0. The van der Waals surface area contributed by atoms with E-state index in [0.29, 0.717) is 39.2 Å².